The Bertz CT molecular complexity index is 472. The normalized spacial score (nSPS) is 23.5. The predicted molar refractivity (Wildman–Crippen MR) is 64.2 cm³/mol. The number of hydrogen-bond acceptors (Lipinski definition) is 3. The second-order valence-electron chi connectivity index (χ2n) is 4.43. The summed E-state index contributed by atoms with van der Waals surface area (Å²) >= 11 is 0. The molecule has 1 aromatic carbocycles. The van der Waals surface area contributed by atoms with Gasteiger partial charge in [-0.05, 0) is 12.5 Å². The van der Waals surface area contributed by atoms with Gasteiger partial charge in [0.1, 0.15) is 6.61 Å². The van der Waals surface area contributed by atoms with Crippen LogP contribution in [-0.4, -0.2) is 35.7 Å². The second-order valence-corrected chi connectivity index (χ2v) is 4.43. The molecule has 2 rings (SSSR count). The van der Waals surface area contributed by atoms with E-state index >= 15 is 0 Å². The van der Waals surface area contributed by atoms with Crippen LogP contribution in [0, 0.1) is 6.92 Å². The fourth-order valence-corrected chi connectivity index (χ4v) is 2.06. The van der Waals surface area contributed by atoms with E-state index in [1.54, 1.807) is 0 Å². The number of carbonyl (C=O) groups is 2. The molecule has 5 nitrogen and oxygen atoms in total. The van der Waals surface area contributed by atoms with Crippen molar-refractivity contribution in [1.82, 2.24) is 5.32 Å². The molecule has 0 radical (unpaired) electrons. The Hall–Kier alpha value is -1.88. The van der Waals surface area contributed by atoms with Crippen LogP contribution >= 0.6 is 0 Å². The molecule has 96 valence electrons. The second kappa shape index (κ2) is 5.18. The highest BCUT2D eigenvalue weighted by Gasteiger charge is 2.34. The molecule has 1 aliphatic heterocycles. The molecule has 1 aliphatic rings. The fraction of sp³-hybridized carbons (Fsp3) is 0.385. The summed E-state index contributed by atoms with van der Waals surface area (Å²) in [5.74, 6) is -1.46. The molecule has 18 heavy (non-hydrogen) atoms. The summed E-state index contributed by atoms with van der Waals surface area (Å²) in [6.07, 6.45) is -0.0548. The van der Waals surface area contributed by atoms with Crippen LogP contribution in [0.3, 0.4) is 0 Å². The number of morpholine rings is 1. The van der Waals surface area contributed by atoms with Crippen LogP contribution in [0.4, 0.5) is 0 Å². The molecule has 1 aromatic rings. The van der Waals surface area contributed by atoms with Crippen LogP contribution < -0.4 is 5.32 Å². The number of aryl methyl sites for hydroxylation is 1. The molecule has 0 aliphatic carbocycles. The topological polar surface area (TPSA) is 75.6 Å². The van der Waals surface area contributed by atoms with Crippen molar-refractivity contribution in [3.05, 3.63) is 35.4 Å². The molecule has 1 amide bonds. The number of nitrogens with one attached hydrogen (secondary N) is 1. The predicted octanol–water partition coefficient (Wildman–Crippen LogP) is 0.506. The molecule has 2 unspecified atom stereocenters. The first-order valence-electron chi connectivity index (χ1n) is 5.75. The molecule has 0 aromatic heterocycles. The molecule has 1 fully saturated rings. The van der Waals surface area contributed by atoms with Gasteiger partial charge in [0.15, 0.2) is 6.04 Å². The first-order valence-corrected chi connectivity index (χ1v) is 5.75. The van der Waals surface area contributed by atoms with Crippen molar-refractivity contribution < 1.29 is 19.4 Å². The quantitative estimate of drug-likeness (QED) is 0.818. The van der Waals surface area contributed by atoms with Crippen molar-refractivity contribution in [2.24, 2.45) is 0 Å². The minimum atomic E-state index is -1.07. The Morgan fingerprint density at radius 2 is 2.33 bits per heavy atom. The number of amides is 1. The summed E-state index contributed by atoms with van der Waals surface area (Å²) in [6.45, 7) is 1.89. The maximum atomic E-state index is 11.1. The van der Waals surface area contributed by atoms with Crippen LogP contribution in [0.25, 0.3) is 0 Å². The molecule has 0 bridgehead atoms. The Kier molecular flexibility index (Phi) is 3.62. The zero-order chi connectivity index (χ0) is 13.1. The van der Waals surface area contributed by atoms with Crippen molar-refractivity contribution in [2.75, 3.05) is 6.61 Å². The Morgan fingerprint density at radius 3 is 3.00 bits per heavy atom. The third-order valence-electron chi connectivity index (χ3n) is 2.90. The number of rotatable bonds is 3. The lowest BCUT2D eigenvalue weighted by atomic mass is 9.99. The Balaban J connectivity index is 2.11. The van der Waals surface area contributed by atoms with Crippen molar-refractivity contribution in [2.45, 2.75) is 25.5 Å². The van der Waals surface area contributed by atoms with Crippen molar-refractivity contribution in [3.8, 4) is 0 Å². The lowest BCUT2D eigenvalue weighted by Crippen LogP contribution is -2.56. The zero-order valence-electron chi connectivity index (χ0n) is 10.1. The van der Waals surface area contributed by atoms with Crippen LogP contribution in [0.2, 0.25) is 0 Å². The van der Waals surface area contributed by atoms with E-state index in [0.29, 0.717) is 6.42 Å². The Labute approximate surface area is 105 Å². The summed E-state index contributed by atoms with van der Waals surface area (Å²) < 4.78 is 5.32. The third-order valence-corrected chi connectivity index (χ3v) is 2.90. The van der Waals surface area contributed by atoms with Crippen LogP contribution in [0.1, 0.15) is 11.1 Å². The van der Waals surface area contributed by atoms with E-state index in [4.69, 9.17) is 9.84 Å². The Morgan fingerprint density at radius 1 is 1.56 bits per heavy atom. The number of carboxylic acids is 1. The van der Waals surface area contributed by atoms with Gasteiger partial charge in [-0.15, -0.1) is 0 Å². The van der Waals surface area contributed by atoms with Crippen molar-refractivity contribution in [1.29, 1.82) is 0 Å². The van der Waals surface area contributed by atoms with Gasteiger partial charge in [-0.3, -0.25) is 4.79 Å². The fourth-order valence-electron chi connectivity index (χ4n) is 2.06. The van der Waals surface area contributed by atoms with Gasteiger partial charge in [-0.25, -0.2) is 4.79 Å². The number of benzene rings is 1. The van der Waals surface area contributed by atoms with Gasteiger partial charge >= 0.3 is 5.97 Å². The van der Waals surface area contributed by atoms with Gasteiger partial charge in [-0.2, -0.15) is 0 Å². The molecule has 2 N–H and O–H groups in total. The zero-order valence-corrected chi connectivity index (χ0v) is 10.1. The van der Waals surface area contributed by atoms with E-state index in [1.807, 2.05) is 31.2 Å². The molecule has 1 heterocycles. The summed E-state index contributed by atoms with van der Waals surface area (Å²) in [4.78, 5) is 22.2. The minimum absolute atomic E-state index is 0.0831. The molecule has 5 heteroatoms. The lowest BCUT2D eigenvalue weighted by Gasteiger charge is -2.29. The van der Waals surface area contributed by atoms with E-state index in [0.717, 1.165) is 11.1 Å². The number of carboxylic acid groups (broad SMARTS) is 1. The highest BCUT2D eigenvalue weighted by molar-refractivity contribution is 5.85. The number of ether oxygens (including phenoxy) is 1. The van der Waals surface area contributed by atoms with Gasteiger partial charge in [0.2, 0.25) is 5.91 Å². The average molecular weight is 249 g/mol. The van der Waals surface area contributed by atoms with Crippen LogP contribution in [0.15, 0.2) is 24.3 Å². The van der Waals surface area contributed by atoms with Crippen LogP contribution in [0.5, 0.6) is 0 Å². The van der Waals surface area contributed by atoms with Crippen LogP contribution in [-0.2, 0) is 20.7 Å². The lowest BCUT2D eigenvalue weighted by molar-refractivity contribution is -0.154. The maximum absolute atomic E-state index is 11.1. The number of aliphatic carboxylic acids is 1. The molecule has 0 saturated carbocycles. The summed E-state index contributed by atoms with van der Waals surface area (Å²) in [5.41, 5.74) is 2.11. The van der Waals surface area contributed by atoms with E-state index in [-0.39, 0.29) is 12.5 Å². The average Bonchev–Trinajstić information content (AvgIpc) is 2.31. The van der Waals surface area contributed by atoms with Gasteiger partial charge in [0.05, 0.1) is 6.10 Å². The van der Waals surface area contributed by atoms with Crippen molar-refractivity contribution >= 4 is 11.9 Å². The third kappa shape index (κ3) is 2.87. The van der Waals surface area contributed by atoms with Gasteiger partial charge < -0.3 is 15.2 Å². The standard InChI is InChI=1S/C13H15NO4/c1-8-3-2-4-9(5-8)6-10-12(13(16)17)14-11(15)7-18-10/h2-5,10,12H,6-7H2,1H3,(H,14,15)(H,16,17). The summed E-state index contributed by atoms with van der Waals surface area (Å²) in [6, 6.07) is 6.82. The van der Waals surface area contributed by atoms with Gasteiger partial charge in [-0.1, -0.05) is 29.8 Å². The first kappa shape index (κ1) is 12.6. The van der Waals surface area contributed by atoms with Gasteiger partial charge in [0, 0.05) is 6.42 Å². The smallest absolute Gasteiger partial charge is 0.328 e. The SMILES string of the molecule is Cc1cccc(CC2OCC(=O)NC2C(=O)O)c1. The van der Waals surface area contributed by atoms with E-state index in [1.165, 1.54) is 0 Å². The molecule has 2 atom stereocenters. The minimum Gasteiger partial charge on any atom is -0.480 e. The summed E-state index contributed by atoms with van der Waals surface area (Å²) in [5, 5.41) is 11.5. The van der Waals surface area contributed by atoms with E-state index in [9.17, 15) is 9.59 Å². The molecular formula is C13H15NO4. The van der Waals surface area contributed by atoms with E-state index < -0.39 is 18.1 Å². The number of hydrogen-bond donors (Lipinski definition) is 2. The van der Waals surface area contributed by atoms with Gasteiger partial charge in [0.25, 0.3) is 0 Å². The highest BCUT2D eigenvalue weighted by Crippen LogP contribution is 2.14. The summed E-state index contributed by atoms with van der Waals surface area (Å²) in [7, 11) is 0. The monoisotopic (exact) mass is 249 g/mol. The molecular weight excluding hydrogens is 234 g/mol. The number of carbonyl (C=O) groups excluding carboxylic acids is 1. The van der Waals surface area contributed by atoms with E-state index in [2.05, 4.69) is 5.32 Å². The first-order chi connectivity index (χ1) is 8.56. The van der Waals surface area contributed by atoms with Crippen molar-refractivity contribution in [3.63, 3.8) is 0 Å². The molecule has 1 saturated heterocycles. The molecule has 0 spiro atoms. The maximum Gasteiger partial charge on any atom is 0.328 e. The highest BCUT2D eigenvalue weighted by atomic mass is 16.5. The largest absolute Gasteiger partial charge is 0.480 e.